The van der Waals surface area contributed by atoms with Crippen LogP contribution in [0.3, 0.4) is 0 Å². The highest BCUT2D eigenvalue weighted by atomic mass is 16.4. The van der Waals surface area contributed by atoms with Gasteiger partial charge in [-0.2, -0.15) is 0 Å². The summed E-state index contributed by atoms with van der Waals surface area (Å²) >= 11 is 0. The van der Waals surface area contributed by atoms with Gasteiger partial charge in [0.2, 0.25) is 0 Å². The van der Waals surface area contributed by atoms with Crippen molar-refractivity contribution in [2.24, 2.45) is 5.92 Å². The van der Waals surface area contributed by atoms with E-state index in [1.807, 2.05) is 11.8 Å². The molecule has 1 rings (SSSR count). The van der Waals surface area contributed by atoms with Gasteiger partial charge in [-0.05, 0) is 32.7 Å². The second-order valence-electron chi connectivity index (χ2n) is 4.59. The van der Waals surface area contributed by atoms with Gasteiger partial charge in [-0.1, -0.05) is 13.3 Å². The Labute approximate surface area is 96.6 Å². The van der Waals surface area contributed by atoms with Crippen molar-refractivity contribution < 1.29 is 14.7 Å². The monoisotopic (exact) mass is 227 g/mol. The van der Waals surface area contributed by atoms with E-state index in [2.05, 4.69) is 0 Å². The fourth-order valence-corrected chi connectivity index (χ4v) is 2.36. The summed E-state index contributed by atoms with van der Waals surface area (Å²) in [4.78, 5) is 24.4. The number of nitrogens with zero attached hydrogens (tertiary/aromatic N) is 1. The first-order valence-corrected chi connectivity index (χ1v) is 6.03. The maximum absolute atomic E-state index is 11.3. The van der Waals surface area contributed by atoms with Crippen LogP contribution in [0.5, 0.6) is 0 Å². The number of likely N-dealkylation sites (tertiary alicyclic amines) is 1. The molecule has 0 aromatic carbocycles. The van der Waals surface area contributed by atoms with Crippen molar-refractivity contribution in [1.29, 1.82) is 0 Å². The molecule has 1 aliphatic heterocycles. The minimum Gasteiger partial charge on any atom is -0.480 e. The highest BCUT2D eigenvalue weighted by Crippen LogP contribution is 2.21. The lowest BCUT2D eigenvalue weighted by Gasteiger charge is -2.35. The standard InChI is InChI=1S/C12H21NO3/c1-3-5-11(12(15)16)13-7-4-6-10(8-13)9(2)14/h10-11H,3-8H2,1-2H3,(H,15,16). The molecule has 0 saturated carbocycles. The zero-order valence-corrected chi connectivity index (χ0v) is 10.1. The third-order valence-corrected chi connectivity index (χ3v) is 3.32. The Bertz CT molecular complexity index is 265. The molecule has 0 aliphatic carbocycles. The Morgan fingerprint density at radius 3 is 2.69 bits per heavy atom. The summed E-state index contributed by atoms with van der Waals surface area (Å²) in [6, 6.07) is -0.410. The molecule has 1 heterocycles. The Morgan fingerprint density at radius 2 is 2.19 bits per heavy atom. The number of carbonyl (C=O) groups is 2. The third-order valence-electron chi connectivity index (χ3n) is 3.32. The Balaban J connectivity index is 2.62. The number of ketones is 1. The molecule has 4 nitrogen and oxygen atoms in total. The number of Topliss-reactive ketones (excluding diaryl/α,β-unsaturated/α-hetero) is 1. The summed E-state index contributed by atoms with van der Waals surface area (Å²) in [5.74, 6) is -0.538. The number of aliphatic carboxylic acids is 1. The first kappa shape index (κ1) is 13.2. The van der Waals surface area contributed by atoms with Crippen LogP contribution in [-0.2, 0) is 9.59 Å². The molecule has 1 fully saturated rings. The highest BCUT2D eigenvalue weighted by molar-refractivity contribution is 5.79. The van der Waals surface area contributed by atoms with Gasteiger partial charge < -0.3 is 5.11 Å². The number of carbonyl (C=O) groups excluding carboxylic acids is 1. The summed E-state index contributed by atoms with van der Waals surface area (Å²) in [7, 11) is 0. The fraction of sp³-hybridized carbons (Fsp3) is 0.833. The van der Waals surface area contributed by atoms with Crippen LogP contribution in [0.25, 0.3) is 0 Å². The quantitative estimate of drug-likeness (QED) is 0.774. The molecule has 92 valence electrons. The van der Waals surface area contributed by atoms with Crippen molar-refractivity contribution in [2.45, 2.75) is 45.6 Å². The molecule has 0 bridgehead atoms. The molecule has 0 amide bonds. The number of carboxylic acid groups (broad SMARTS) is 1. The van der Waals surface area contributed by atoms with E-state index >= 15 is 0 Å². The van der Waals surface area contributed by atoms with Gasteiger partial charge in [-0.3, -0.25) is 14.5 Å². The smallest absolute Gasteiger partial charge is 0.320 e. The molecule has 0 aromatic heterocycles. The normalized spacial score (nSPS) is 24.0. The van der Waals surface area contributed by atoms with Crippen molar-refractivity contribution >= 4 is 11.8 Å². The Morgan fingerprint density at radius 1 is 1.50 bits per heavy atom. The lowest BCUT2D eigenvalue weighted by molar-refractivity contribution is -0.145. The van der Waals surface area contributed by atoms with Gasteiger partial charge in [-0.25, -0.2) is 0 Å². The molecule has 2 atom stereocenters. The second-order valence-corrected chi connectivity index (χ2v) is 4.59. The number of carboxylic acids is 1. The SMILES string of the molecule is CCCC(C(=O)O)N1CCCC(C(C)=O)C1. The maximum Gasteiger partial charge on any atom is 0.320 e. The van der Waals surface area contributed by atoms with Crippen LogP contribution in [0, 0.1) is 5.92 Å². The van der Waals surface area contributed by atoms with Crippen molar-refractivity contribution in [3.63, 3.8) is 0 Å². The summed E-state index contributed by atoms with van der Waals surface area (Å²) in [6.07, 6.45) is 3.36. The van der Waals surface area contributed by atoms with Gasteiger partial charge in [-0.15, -0.1) is 0 Å². The molecule has 16 heavy (non-hydrogen) atoms. The largest absolute Gasteiger partial charge is 0.480 e. The Hall–Kier alpha value is -0.900. The predicted octanol–water partition coefficient (Wildman–Crippen LogP) is 1.54. The number of hydrogen-bond acceptors (Lipinski definition) is 3. The molecule has 1 aliphatic rings. The molecule has 4 heteroatoms. The van der Waals surface area contributed by atoms with E-state index in [0.717, 1.165) is 25.8 Å². The molecule has 1 saturated heterocycles. The lowest BCUT2D eigenvalue weighted by Crippen LogP contribution is -2.47. The predicted molar refractivity (Wildman–Crippen MR) is 61.3 cm³/mol. The average Bonchev–Trinajstić information content (AvgIpc) is 2.25. The van der Waals surface area contributed by atoms with Crippen molar-refractivity contribution in [1.82, 2.24) is 4.90 Å². The van der Waals surface area contributed by atoms with Crippen molar-refractivity contribution in [3.8, 4) is 0 Å². The van der Waals surface area contributed by atoms with Crippen LogP contribution in [0.15, 0.2) is 0 Å². The van der Waals surface area contributed by atoms with E-state index < -0.39 is 12.0 Å². The fourth-order valence-electron chi connectivity index (χ4n) is 2.36. The first-order valence-electron chi connectivity index (χ1n) is 6.03. The van der Waals surface area contributed by atoms with Crippen LogP contribution in [0.4, 0.5) is 0 Å². The van der Waals surface area contributed by atoms with E-state index in [4.69, 9.17) is 5.11 Å². The maximum atomic E-state index is 11.3. The van der Waals surface area contributed by atoms with E-state index in [0.29, 0.717) is 13.0 Å². The second kappa shape index (κ2) is 5.99. The lowest BCUT2D eigenvalue weighted by atomic mass is 9.93. The van der Waals surface area contributed by atoms with E-state index in [9.17, 15) is 9.59 Å². The van der Waals surface area contributed by atoms with Crippen molar-refractivity contribution in [2.75, 3.05) is 13.1 Å². The van der Waals surface area contributed by atoms with Crippen LogP contribution in [-0.4, -0.2) is 40.9 Å². The molecule has 0 spiro atoms. The topological polar surface area (TPSA) is 57.6 Å². The van der Waals surface area contributed by atoms with Crippen LogP contribution < -0.4 is 0 Å². The van der Waals surface area contributed by atoms with E-state index in [1.165, 1.54) is 0 Å². The molecule has 0 aromatic rings. The van der Waals surface area contributed by atoms with Crippen LogP contribution >= 0.6 is 0 Å². The summed E-state index contributed by atoms with van der Waals surface area (Å²) in [5.41, 5.74) is 0. The zero-order chi connectivity index (χ0) is 12.1. The van der Waals surface area contributed by atoms with Crippen LogP contribution in [0.1, 0.15) is 39.5 Å². The minimum atomic E-state index is -0.758. The van der Waals surface area contributed by atoms with Gasteiger partial charge in [0, 0.05) is 12.5 Å². The molecule has 0 radical (unpaired) electrons. The van der Waals surface area contributed by atoms with Crippen LogP contribution in [0.2, 0.25) is 0 Å². The van der Waals surface area contributed by atoms with Gasteiger partial charge >= 0.3 is 5.97 Å². The highest BCUT2D eigenvalue weighted by Gasteiger charge is 2.31. The summed E-state index contributed by atoms with van der Waals surface area (Å²) in [5, 5.41) is 9.15. The molecule has 2 unspecified atom stereocenters. The minimum absolute atomic E-state index is 0.0347. The number of hydrogen-bond donors (Lipinski definition) is 1. The van der Waals surface area contributed by atoms with E-state index in [1.54, 1.807) is 6.92 Å². The number of rotatable bonds is 5. The van der Waals surface area contributed by atoms with Gasteiger partial charge in [0.25, 0.3) is 0 Å². The zero-order valence-electron chi connectivity index (χ0n) is 10.1. The molecular formula is C12H21NO3. The number of piperidine rings is 1. The third kappa shape index (κ3) is 3.30. The first-order chi connectivity index (χ1) is 7.56. The Kier molecular flexibility index (Phi) is 4.93. The van der Waals surface area contributed by atoms with E-state index in [-0.39, 0.29) is 11.7 Å². The summed E-state index contributed by atoms with van der Waals surface area (Å²) in [6.45, 7) is 5.01. The average molecular weight is 227 g/mol. The molecular weight excluding hydrogens is 206 g/mol. The van der Waals surface area contributed by atoms with Crippen molar-refractivity contribution in [3.05, 3.63) is 0 Å². The van der Waals surface area contributed by atoms with Gasteiger partial charge in [0.05, 0.1) is 0 Å². The molecule has 1 N–H and O–H groups in total. The summed E-state index contributed by atoms with van der Waals surface area (Å²) < 4.78 is 0. The van der Waals surface area contributed by atoms with Gasteiger partial charge in [0.15, 0.2) is 0 Å². The van der Waals surface area contributed by atoms with Gasteiger partial charge in [0.1, 0.15) is 11.8 Å².